The van der Waals surface area contributed by atoms with Crippen molar-refractivity contribution in [2.75, 3.05) is 5.32 Å². The molecule has 0 aromatic heterocycles. The summed E-state index contributed by atoms with van der Waals surface area (Å²) in [5.41, 5.74) is 1.60. The van der Waals surface area contributed by atoms with Gasteiger partial charge in [-0.25, -0.2) is 0 Å². The van der Waals surface area contributed by atoms with Crippen molar-refractivity contribution >= 4 is 23.2 Å². The maximum Gasteiger partial charge on any atom is 0.233 e. The standard InChI is InChI=1S/C14H11ClNO/c15-12-6-8-13(9-7-12)16-14(17)10-11-4-2-1-3-5-11/h1-10H,(H,16,17). The highest BCUT2D eigenvalue weighted by molar-refractivity contribution is 6.30. The van der Waals surface area contributed by atoms with Crippen molar-refractivity contribution in [2.45, 2.75) is 0 Å². The van der Waals surface area contributed by atoms with Gasteiger partial charge in [-0.15, -0.1) is 0 Å². The van der Waals surface area contributed by atoms with Crippen molar-refractivity contribution in [3.8, 4) is 0 Å². The van der Waals surface area contributed by atoms with Crippen LogP contribution in [0.3, 0.4) is 0 Å². The molecule has 1 radical (unpaired) electrons. The van der Waals surface area contributed by atoms with Gasteiger partial charge in [-0.2, -0.15) is 0 Å². The molecule has 0 heterocycles. The summed E-state index contributed by atoms with van der Waals surface area (Å²) in [7, 11) is 0. The highest BCUT2D eigenvalue weighted by Gasteiger charge is 2.03. The van der Waals surface area contributed by atoms with Crippen LogP contribution in [0.4, 0.5) is 5.69 Å². The number of carbonyl (C=O) groups excluding carboxylic acids is 1. The zero-order valence-corrected chi connectivity index (χ0v) is 9.82. The molecular formula is C14H11ClNO. The molecule has 0 spiro atoms. The number of nitrogens with one attached hydrogen (secondary N) is 1. The molecule has 0 aliphatic rings. The molecule has 0 unspecified atom stereocenters. The summed E-state index contributed by atoms with van der Waals surface area (Å²) in [6, 6.07) is 16.4. The van der Waals surface area contributed by atoms with Gasteiger partial charge < -0.3 is 5.32 Å². The fraction of sp³-hybridized carbons (Fsp3) is 0. The molecule has 0 aliphatic heterocycles. The van der Waals surface area contributed by atoms with Gasteiger partial charge >= 0.3 is 0 Å². The number of rotatable bonds is 3. The lowest BCUT2D eigenvalue weighted by molar-refractivity contribution is -0.112. The maximum atomic E-state index is 11.7. The number of halogens is 1. The van der Waals surface area contributed by atoms with E-state index >= 15 is 0 Å². The Labute approximate surface area is 105 Å². The van der Waals surface area contributed by atoms with Crippen LogP contribution in [-0.2, 0) is 4.79 Å². The summed E-state index contributed by atoms with van der Waals surface area (Å²) in [6.07, 6.45) is 1.55. The number of benzene rings is 2. The Morgan fingerprint density at radius 2 is 1.65 bits per heavy atom. The summed E-state index contributed by atoms with van der Waals surface area (Å²) in [4.78, 5) is 11.7. The second-order valence-corrected chi connectivity index (χ2v) is 3.99. The first kappa shape index (κ1) is 11.7. The molecule has 2 aromatic rings. The fourth-order valence-electron chi connectivity index (χ4n) is 1.41. The Morgan fingerprint density at radius 3 is 2.29 bits per heavy atom. The summed E-state index contributed by atoms with van der Waals surface area (Å²) < 4.78 is 0. The molecule has 2 aromatic carbocycles. The third kappa shape index (κ3) is 3.61. The minimum Gasteiger partial charge on any atom is -0.326 e. The number of anilines is 1. The monoisotopic (exact) mass is 244 g/mol. The number of hydrogen-bond acceptors (Lipinski definition) is 1. The average molecular weight is 245 g/mol. The first-order valence-electron chi connectivity index (χ1n) is 5.20. The molecule has 85 valence electrons. The number of amides is 1. The fourth-order valence-corrected chi connectivity index (χ4v) is 1.54. The van der Waals surface area contributed by atoms with Crippen LogP contribution < -0.4 is 5.32 Å². The molecule has 1 N–H and O–H groups in total. The van der Waals surface area contributed by atoms with Crippen LogP contribution in [0.5, 0.6) is 0 Å². The first-order chi connectivity index (χ1) is 8.24. The Morgan fingerprint density at radius 1 is 1.00 bits per heavy atom. The Kier molecular flexibility index (Phi) is 3.78. The average Bonchev–Trinajstić information content (AvgIpc) is 2.33. The van der Waals surface area contributed by atoms with Gasteiger partial charge in [0, 0.05) is 10.7 Å². The molecule has 0 fully saturated rings. The summed E-state index contributed by atoms with van der Waals surface area (Å²) in [6.45, 7) is 0. The number of hydrogen-bond donors (Lipinski definition) is 1. The van der Waals surface area contributed by atoms with Crippen molar-refractivity contribution in [1.82, 2.24) is 0 Å². The van der Waals surface area contributed by atoms with E-state index in [2.05, 4.69) is 5.32 Å². The largest absolute Gasteiger partial charge is 0.326 e. The van der Waals surface area contributed by atoms with Gasteiger partial charge in [0.05, 0.1) is 6.42 Å². The van der Waals surface area contributed by atoms with E-state index in [0.717, 1.165) is 11.3 Å². The van der Waals surface area contributed by atoms with Crippen molar-refractivity contribution < 1.29 is 4.79 Å². The van der Waals surface area contributed by atoms with Crippen molar-refractivity contribution in [3.63, 3.8) is 0 Å². The summed E-state index contributed by atoms with van der Waals surface area (Å²) in [5, 5.41) is 3.41. The summed E-state index contributed by atoms with van der Waals surface area (Å²) >= 11 is 5.76. The lowest BCUT2D eigenvalue weighted by atomic mass is 10.1. The highest BCUT2D eigenvalue weighted by Crippen LogP contribution is 2.14. The summed E-state index contributed by atoms with van der Waals surface area (Å²) in [5.74, 6) is -0.154. The Balaban J connectivity index is 1.96. The topological polar surface area (TPSA) is 29.1 Å². The van der Waals surface area contributed by atoms with Gasteiger partial charge in [0.1, 0.15) is 0 Å². The van der Waals surface area contributed by atoms with Gasteiger partial charge in [0.25, 0.3) is 0 Å². The zero-order valence-electron chi connectivity index (χ0n) is 9.06. The van der Waals surface area contributed by atoms with Crippen molar-refractivity contribution in [3.05, 3.63) is 71.6 Å². The molecule has 0 saturated heterocycles. The molecule has 1 amide bonds. The zero-order chi connectivity index (χ0) is 12.1. The minimum absolute atomic E-state index is 0.154. The van der Waals surface area contributed by atoms with Gasteiger partial charge in [-0.1, -0.05) is 41.9 Å². The van der Waals surface area contributed by atoms with E-state index in [1.54, 1.807) is 30.7 Å². The molecule has 3 heteroatoms. The second kappa shape index (κ2) is 5.51. The van der Waals surface area contributed by atoms with Crippen LogP contribution in [0.2, 0.25) is 5.02 Å². The van der Waals surface area contributed by atoms with Crippen LogP contribution in [0, 0.1) is 6.42 Å². The second-order valence-electron chi connectivity index (χ2n) is 3.55. The van der Waals surface area contributed by atoms with E-state index < -0.39 is 0 Å². The molecule has 0 saturated carbocycles. The van der Waals surface area contributed by atoms with E-state index in [4.69, 9.17) is 11.6 Å². The van der Waals surface area contributed by atoms with Crippen molar-refractivity contribution in [1.29, 1.82) is 0 Å². The van der Waals surface area contributed by atoms with Crippen molar-refractivity contribution in [2.24, 2.45) is 0 Å². The van der Waals surface area contributed by atoms with E-state index in [-0.39, 0.29) is 5.91 Å². The first-order valence-corrected chi connectivity index (χ1v) is 5.58. The normalized spacial score (nSPS) is 9.94. The molecule has 2 nitrogen and oxygen atoms in total. The van der Waals surface area contributed by atoms with E-state index in [9.17, 15) is 4.79 Å². The van der Waals surface area contributed by atoms with E-state index in [0.29, 0.717) is 5.02 Å². The molecular weight excluding hydrogens is 234 g/mol. The molecule has 0 bridgehead atoms. The highest BCUT2D eigenvalue weighted by atomic mass is 35.5. The van der Waals surface area contributed by atoms with Gasteiger partial charge in [0.2, 0.25) is 5.91 Å². The molecule has 0 aliphatic carbocycles. The number of carbonyl (C=O) groups is 1. The maximum absolute atomic E-state index is 11.7. The lowest BCUT2D eigenvalue weighted by Crippen LogP contribution is -2.12. The van der Waals surface area contributed by atoms with Gasteiger partial charge in [-0.3, -0.25) is 4.79 Å². The molecule has 0 atom stereocenters. The van der Waals surface area contributed by atoms with Crippen LogP contribution in [-0.4, -0.2) is 5.91 Å². The van der Waals surface area contributed by atoms with Gasteiger partial charge in [0.15, 0.2) is 0 Å². The predicted molar refractivity (Wildman–Crippen MR) is 69.9 cm³/mol. The molecule has 2 rings (SSSR count). The minimum atomic E-state index is -0.154. The van der Waals surface area contributed by atoms with Crippen LogP contribution >= 0.6 is 11.6 Å². The predicted octanol–water partition coefficient (Wildman–Crippen LogP) is 3.53. The van der Waals surface area contributed by atoms with Crippen LogP contribution in [0.25, 0.3) is 0 Å². The van der Waals surface area contributed by atoms with Crippen LogP contribution in [0.15, 0.2) is 54.6 Å². The third-order valence-corrected chi connectivity index (χ3v) is 2.46. The third-order valence-electron chi connectivity index (χ3n) is 2.21. The Hall–Kier alpha value is -1.80. The lowest BCUT2D eigenvalue weighted by Gasteiger charge is -2.04. The van der Waals surface area contributed by atoms with Gasteiger partial charge in [-0.05, 0) is 29.8 Å². The van der Waals surface area contributed by atoms with E-state index in [1.165, 1.54) is 0 Å². The molecule has 17 heavy (non-hydrogen) atoms. The SMILES string of the molecule is O=C([CH]c1ccccc1)Nc1ccc(Cl)cc1. The quantitative estimate of drug-likeness (QED) is 0.879. The Bertz CT molecular complexity index is 493. The van der Waals surface area contributed by atoms with E-state index in [1.807, 2.05) is 30.3 Å². The van der Waals surface area contributed by atoms with Crippen LogP contribution in [0.1, 0.15) is 5.56 Å². The smallest absolute Gasteiger partial charge is 0.233 e.